The van der Waals surface area contributed by atoms with Crippen LogP contribution in [0.4, 0.5) is 0 Å². The van der Waals surface area contributed by atoms with Crippen molar-refractivity contribution < 1.29 is 24.5 Å². The summed E-state index contributed by atoms with van der Waals surface area (Å²) >= 11 is 0. The number of aromatic hydroxyl groups is 1. The minimum Gasteiger partial charge on any atom is -0.508 e. The van der Waals surface area contributed by atoms with Gasteiger partial charge in [0.05, 0.1) is 11.6 Å². The summed E-state index contributed by atoms with van der Waals surface area (Å²) in [6.45, 7) is 9.19. The van der Waals surface area contributed by atoms with Gasteiger partial charge >= 0.3 is 0 Å². The van der Waals surface area contributed by atoms with Crippen LogP contribution >= 0.6 is 0 Å². The Balaban J connectivity index is 1.72. The maximum Gasteiger partial charge on any atom is 0.295 e. The Labute approximate surface area is 200 Å². The monoisotopic (exact) mass is 464 g/mol. The first-order chi connectivity index (χ1) is 16.3. The number of hydrogen-bond acceptors (Lipinski definition) is 6. The largest absolute Gasteiger partial charge is 0.508 e. The van der Waals surface area contributed by atoms with Crippen LogP contribution in [0.3, 0.4) is 0 Å². The summed E-state index contributed by atoms with van der Waals surface area (Å²) in [5.41, 5.74) is 2.19. The standard InChI is InChI=1S/C27H32N2O5/c1-4-28(5-2)13-6-14-29-24(18-7-10-21(30)11-8-18)23(26(32)27(29)33)25(31)19-9-12-22-20(16-19)15-17(3)34-22/h7-12,16-17,24,30-31H,4-6,13-15H2,1-3H3/b25-23+/t17-,24-/m0/s1. The Bertz CT molecular complexity index is 1100. The number of carbonyl (C=O) groups excluding carboxylic acids is 2. The second kappa shape index (κ2) is 9.89. The third-order valence-corrected chi connectivity index (χ3v) is 6.69. The molecule has 0 saturated carbocycles. The van der Waals surface area contributed by atoms with Gasteiger partial charge in [0.25, 0.3) is 11.7 Å². The van der Waals surface area contributed by atoms with Crippen molar-refractivity contribution in [3.8, 4) is 11.5 Å². The number of aliphatic hydroxyl groups excluding tert-OH is 1. The van der Waals surface area contributed by atoms with Crippen molar-refractivity contribution in [2.75, 3.05) is 26.2 Å². The predicted octanol–water partition coefficient (Wildman–Crippen LogP) is 3.87. The predicted molar refractivity (Wildman–Crippen MR) is 130 cm³/mol. The van der Waals surface area contributed by atoms with Crippen LogP contribution in [0.25, 0.3) is 5.76 Å². The number of likely N-dealkylation sites (tertiary alicyclic amines) is 1. The van der Waals surface area contributed by atoms with E-state index in [0.29, 0.717) is 24.1 Å². The Morgan fingerprint density at radius 3 is 2.50 bits per heavy atom. The lowest BCUT2D eigenvalue weighted by Gasteiger charge is -2.26. The van der Waals surface area contributed by atoms with Crippen LogP contribution in [-0.2, 0) is 16.0 Å². The van der Waals surface area contributed by atoms with Crippen molar-refractivity contribution in [2.45, 2.75) is 45.8 Å². The van der Waals surface area contributed by atoms with Crippen LogP contribution in [0.15, 0.2) is 48.0 Å². The summed E-state index contributed by atoms with van der Waals surface area (Å²) in [6.07, 6.45) is 1.48. The molecule has 4 rings (SSSR count). The topological polar surface area (TPSA) is 90.3 Å². The van der Waals surface area contributed by atoms with Gasteiger partial charge in [0.2, 0.25) is 0 Å². The molecule has 2 atom stereocenters. The summed E-state index contributed by atoms with van der Waals surface area (Å²) in [6, 6.07) is 11.1. The first kappa shape index (κ1) is 23.8. The number of hydrogen-bond donors (Lipinski definition) is 2. The number of aliphatic hydroxyl groups is 1. The molecule has 2 heterocycles. The van der Waals surface area contributed by atoms with Crippen molar-refractivity contribution in [1.29, 1.82) is 0 Å². The lowest BCUT2D eigenvalue weighted by molar-refractivity contribution is -0.140. The van der Waals surface area contributed by atoms with Crippen molar-refractivity contribution in [3.63, 3.8) is 0 Å². The molecule has 0 aliphatic carbocycles. The molecule has 1 fully saturated rings. The average molecular weight is 465 g/mol. The fourth-order valence-electron chi connectivity index (χ4n) is 4.84. The van der Waals surface area contributed by atoms with E-state index in [4.69, 9.17) is 4.74 Å². The third-order valence-electron chi connectivity index (χ3n) is 6.69. The van der Waals surface area contributed by atoms with Gasteiger partial charge in [0.15, 0.2) is 0 Å². The molecule has 1 saturated heterocycles. The van der Waals surface area contributed by atoms with Crippen LogP contribution in [0.5, 0.6) is 11.5 Å². The summed E-state index contributed by atoms with van der Waals surface area (Å²) < 4.78 is 5.75. The van der Waals surface area contributed by atoms with Crippen LogP contribution < -0.4 is 4.74 Å². The normalized spacial score (nSPS) is 21.2. The zero-order valence-electron chi connectivity index (χ0n) is 20.0. The van der Waals surface area contributed by atoms with Gasteiger partial charge in [-0.05, 0) is 74.4 Å². The minimum atomic E-state index is -0.722. The number of carbonyl (C=O) groups is 2. The van der Waals surface area contributed by atoms with Crippen molar-refractivity contribution in [2.24, 2.45) is 0 Å². The quantitative estimate of drug-likeness (QED) is 0.350. The molecule has 2 N–H and O–H groups in total. The molecule has 2 aromatic rings. The van der Waals surface area contributed by atoms with E-state index in [1.807, 2.05) is 13.0 Å². The minimum absolute atomic E-state index is 0.0563. The molecular weight excluding hydrogens is 432 g/mol. The van der Waals surface area contributed by atoms with Crippen LogP contribution in [-0.4, -0.2) is 64.0 Å². The number of ketones is 1. The van der Waals surface area contributed by atoms with Crippen molar-refractivity contribution >= 4 is 17.4 Å². The summed E-state index contributed by atoms with van der Waals surface area (Å²) in [4.78, 5) is 30.1. The first-order valence-electron chi connectivity index (χ1n) is 11.9. The number of nitrogens with zero attached hydrogens (tertiary/aromatic N) is 2. The van der Waals surface area contributed by atoms with Gasteiger partial charge < -0.3 is 24.7 Å². The molecule has 2 aromatic carbocycles. The van der Waals surface area contributed by atoms with Crippen LogP contribution in [0.1, 0.15) is 49.9 Å². The molecule has 2 aliphatic heterocycles. The number of phenols is 1. The van der Waals surface area contributed by atoms with E-state index < -0.39 is 17.7 Å². The number of ether oxygens (including phenoxy) is 1. The van der Waals surface area contributed by atoms with E-state index >= 15 is 0 Å². The van der Waals surface area contributed by atoms with E-state index in [1.54, 1.807) is 29.2 Å². The van der Waals surface area contributed by atoms with E-state index in [1.165, 1.54) is 12.1 Å². The van der Waals surface area contributed by atoms with Crippen molar-refractivity contribution in [3.05, 3.63) is 64.7 Å². The summed E-state index contributed by atoms with van der Waals surface area (Å²) in [5, 5.41) is 21.0. The molecule has 7 heteroatoms. The molecule has 34 heavy (non-hydrogen) atoms. The second-order valence-electron chi connectivity index (χ2n) is 8.92. The molecule has 0 bridgehead atoms. The lowest BCUT2D eigenvalue weighted by Crippen LogP contribution is -2.33. The number of phenolic OH excluding ortho intramolecular Hbond substituents is 1. The van der Waals surface area contributed by atoms with E-state index in [0.717, 1.165) is 37.4 Å². The zero-order valence-corrected chi connectivity index (χ0v) is 20.0. The highest BCUT2D eigenvalue weighted by atomic mass is 16.5. The highest BCUT2D eigenvalue weighted by molar-refractivity contribution is 6.46. The van der Waals surface area contributed by atoms with E-state index in [-0.39, 0.29) is 23.2 Å². The van der Waals surface area contributed by atoms with Gasteiger partial charge in [-0.1, -0.05) is 26.0 Å². The molecule has 7 nitrogen and oxygen atoms in total. The lowest BCUT2D eigenvalue weighted by atomic mass is 9.94. The van der Waals surface area contributed by atoms with Gasteiger partial charge in [-0.25, -0.2) is 0 Å². The molecule has 0 aromatic heterocycles. The SMILES string of the molecule is CCN(CC)CCCN1C(=O)C(=O)/C(=C(/O)c2ccc3c(c2)C[C@H](C)O3)[C@@H]1c1ccc(O)cc1. The Kier molecular flexibility index (Phi) is 6.93. The van der Waals surface area contributed by atoms with E-state index in [2.05, 4.69) is 18.7 Å². The van der Waals surface area contributed by atoms with Gasteiger partial charge in [-0.15, -0.1) is 0 Å². The third kappa shape index (κ3) is 4.53. The molecular formula is C27H32N2O5. The number of Topliss-reactive ketones (excluding diaryl/α,β-unsaturated/α-hetero) is 1. The fraction of sp³-hybridized carbons (Fsp3) is 0.407. The van der Waals surface area contributed by atoms with Crippen LogP contribution in [0.2, 0.25) is 0 Å². The smallest absolute Gasteiger partial charge is 0.295 e. The molecule has 180 valence electrons. The number of fused-ring (bicyclic) bond motifs is 1. The molecule has 0 unspecified atom stereocenters. The molecule has 1 amide bonds. The summed E-state index contributed by atoms with van der Waals surface area (Å²) in [5.74, 6) is -0.628. The number of amides is 1. The van der Waals surface area contributed by atoms with Crippen LogP contribution in [0, 0.1) is 0 Å². The van der Waals surface area contributed by atoms with Gasteiger partial charge in [0, 0.05) is 18.5 Å². The molecule has 0 radical (unpaired) electrons. The maximum atomic E-state index is 13.2. The number of rotatable bonds is 8. The molecule has 0 spiro atoms. The van der Waals surface area contributed by atoms with Gasteiger partial charge in [-0.2, -0.15) is 0 Å². The second-order valence-corrected chi connectivity index (χ2v) is 8.92. The Morgan fingerprint density at radius 1 is 1.12 bits per heavy atom. The van der Waals surface area contributed by atoms with E-state index in [9.17, 15) is 19.8 Å². The number of benzene rings is 2. The highest BCUT2D eigenvalue weighted by Gasteiger charge is 2.45. The van der Waals surface area contributed by atoms with Crippen molar-refractivity contribution in [1.82, 2.24) is 9.80 Å². The average Bonchev–Trinajstić information content (AvgIpc) is 3.32. The van der Waals surface area contributed by atoms with Gasteiger partial charge in [-0.3, -0.25) is 9.59 Å². The first-order valence-corrected chi connectivity index (χ1v) is 11.9. The van der Waals surface area contributed by atoms with Gasteiger partial charge in [0.1, 0.15) is 23.4 Å². The fourth-order valence-corrected chi connectivity index (χ4v) is 4.84. The highest BCUT2D eigenvalue weighted by Crippen LogP contribution is 2.41. The summed E-state index contributed by atoms with van der Waals surface area (Å²) in [7, 11) is 0. The Morgan fingerprint density at radius 2 is 1.82 bits per heavy atom. The maximum absolute atomic E-state index is 13.2. The Hall–Kier alpha value is -3.32. The zero-order chi connectivity index (χ0) is 24.4. The molecule has 2 aliphatic rings.